The maximum absolute atomic E-state index is 12.4. The molecule has 4 rings (SSSR count). The Labute approximate surface area is 122 Å². The first-order valence-electron chi connectivity index (χ1n) is 7.02. The highest BCUT2D eigenvalue weighted by atomic mass is 16.8. The number of hydrogen-bond donors (Lipinski definition) is 0. The predicted molar refractivity (Wildman–Crippen MR) is 69.7 cm³/mol. The van der Waals surface area contributed by atoms with Crippen molar-refractivity contribution in [2.24, 2.45) is 0 Å². The molecule has 0 aromatic heterocycles. The van der Waals surface area contributed by atoms with Crippen molar-refractivity contribution in [2.75, 3.05) is 6.61 Å². The molecule has 0 N–H and O–H groups in total. The fraction of sp³-hybridized carbons (Fsp3) is 0.714. The molecule has 0 spiro atoms. The van der Waals surface area contributed by atoms with Crippen molar-refractivity contribution in [3.05, 3.63) is 12.2 Å². The molecule has 4 atom stereocenters. The molecule has 7 heteroatoms. The van der Waals surface area contributed by atoms with Crippen LogP contribution in [0.5, 0.6) is 0 Å². The molecule has 2 bridgehead atoms. The van der Waals surface area contributed by atoms with Gasteiger partial charge in [0.05, 0.1) is 6.61 Å². The van der Waals surface area contributed by atoms with Crippen molar-refractivity contribution < 1.29 is 28.6 Å². The molecule has 0 aromatic rings. The number of fused-ring (bicyclic) bond motifs is 1. The number of rotatable bonds is 2. The van der Waals surface area contributed by atoms with Gasteiger partial charge >= 0.3 is 5.97 Å². The van der Waals surface area contributed by atoms with Crippen molar-refractivity contribution in [1.82, 2.24) is 5.06 Å². The minimum absolute atomic E-state index is 0.211. The van der Waals surface area contributed by atoms with Gasteiger partial charge in [0.1, 0.15) is 18.2 Å². The summed E-state index contributed by atoms with van der Waals surface area (Å²) < 4.78 is 16.8. The highest BCUT2D eigenvalue weighted by Gasteiger charge is 2.67. The molecule has 7 nitrogen and oxygen atoms in total. The van der Waals surface area contributed by atoms with Gasteiger partial charge in [0.15, 0.2) is 5.79 Å². The van der Waals surface area contributed by atoms with Crippen molar-refractivity contribution >= 4 is 11.9 Å². The minimum atomic E-state index is -1.48. The Morgan fingerprint density at radius 1 is 1.33 bits per heavy atom. The van der Waals surface area contributed by atoms with Gasteiger partial charge in [0.2, 0.25) is 11.5 Å². The van der Waals surface area contributed by atoms with Crippen LogP contribution in [0.25, 0.3) is 0 Å². The van der Waals surface area contributed by atoms with E-state index in [1.165, 1.54) is 12.0 Å². The Bertz CT molecular complexity index is 516. The number of nitrogens with zero attached hydrogens (tertiary/aromatic N) is 1. The quantitative estimate of drug-likeness (QED) is 0.547. The fourth-order valence-corrected chi connectivity index (χ4v) is 3.07. The van der Waals surface area contributed by atoms with E-state index < -0.39 is 35.6 Å². The molecular weight excluding hydrogens is 278 g/mol. The molecule has 0 aromatic carbocycles. The van der Waals surface area contributed by atoms with Gasteiger partial charge in [-0.2, -0.15) is 0 Å². The van der Waals surface area contributed by atoms with E-state index in [4.69, 9.17) is 19.0 Å². The van der Waals surface area contributed by atoms with E-state index in [-0.39, 0.29) is 12.5 Å². The molecule has 4 unspecified atom stereocenters. The van der Waals surface area contributed by atoms with Crippen LogP contribution in [0.15, 0.2) is 12.2 Å². The van der Waals surface area contributed by atoms with Crippen molar-refractivity contribution in [3.63, 3.8) is 0 Å². The normalized spacial score (nSPS) is 39.2. The van der Waals surface area contributed by atoms with Crippen LogP contribution in [0.1, 0.15) is 27.7 Å². The number of carbonyl (C=O) groups excluding carboxylic acids is 2. The molecule has 3 aliphatic heterocycles. The zero-order chi connectivity index (χ0) is 15.4. The second kappa shape index (κ2) is 4.53. The number of carbonyl (C=O) groups is 2. The lowest BCUT2D eigenvalue weighted by atomic mass is 9.81. The molecule has 2 saturated heterocycles. The monoisotopic (exact) mass is 297 g/mol. The first-order chi connectivity index (χ1) is 9.81. The van der Waals surface area contributed by atoms with E-state index in [1.807, 2.05) is 0 Å². The Hall–Kier alpha value is -1.44. The summed E-state index contributed by atoms with van der Waals surface area (Å²) in [4.78, 5) is 29.9. The second-order valence-electron chi connectivity index (χ2n) is 5.82. The largest absolute Gasteiger partial charge is 0.463 e. The van der Waals surface area contributed by atoms with Crippen LogP contribution in [0.3, 0.4) is 0 Å². The average Bonchev–Trinajstić information content (AvgIpc) is 2.76. The maximum Gasteiger partial charge on any atom is 0.348 e. The van der Waals surface area contributed by atoms with Gasteiger partial charge in [0, 0.05) is 6.92 Å². The number of amides is 1. The molecule has 0 saturated carbocycles. The maximum atomic E-state index is 12.4. The number of ether oxygens (including phenoxy) is 3. The van der Waals surface area contributed by atoms with E-state index in [0.717, 1.165) is 0 Å². The first kappa shape index (κ1) is 14.5. The van der Waals surface area contributed by atoms with Crippen molar-refractivity contribution in [1.29, 1.82) is 0 Å². The molecule has 4 aliphatic rings. The zero-order valence-corrected chi connectivity index (χ0v) is 12.5. The van der Waals surface area contributed by atoms with E-state index in [1.54, 1.807) is 32.9 Å². The predicted octanol–water partition coefficient (Wildman–Crippen LogP) is 0.540. The van der Waals surface area contributed by atoms with Crippen LogP contribution in [-0.2, 0) is 28.6 Å². The van der Waals surface area contributed by atoms with E-state index in [9.17, 15) is 9.59 Å². The summed E-state index contributed by atoms with van der Waals surface area (Å²) in [5, 5.41) is 1.17. The molecule has 3 heterocycles. The molecule has 2 fully saturated rings. The molecule has 1 aliphatic carbocycles. The van der Waals surface area contributed by atoms with Crippen LogP contribution < -0.4 is 0 Å². The lowest BCUT2D eigenvalue weighted by Gasteiger charge is -2.50. The Morgan fingerprint density at radius 3 is 2.67 bits per heavy atom. The van der Waals surface area contributed by atoms with E-state index in [2.05, 4.69) is 0 Å². The van der Waals surface area contributed by atoms with Crippen LogP contribution in [0, 0.1) is 0 Å². The van der Waals surface area contributed by atoms with Crippen LogP contribution in [-0.4, -0.2) is 53.2 Å². The van der Waals surface area contributed by atoms with E-state index >= 15 is 0 Å². The smallest absolute Gasteiger partial charge is 0.348 e. The van der Waals surface area contributed by atoms with Crippen molar-refractivity contribution in [2.45, 2.75) is 57.3 Å². The highest BCUT2D eigenvalue weighted by molar-refractivity contribution is 5.85. The summed E-state index contributed by atoms with van der Waals surface area (Å²) in [6.07, 6.45) is 2.25. The summed E-state index contributed by atoms with van der Waals surface area (Å²) in [7, 11) is 0. The molecule has 21 heavy (non-hydrogen) atoms. The highest BCUT2D eigenvalue weighted by Crippen LogP contribution is 2.47. The summed E-state index contributed by atoms with van der Waals surface area (Å²) in [6, 6.07) is -0.412. The molecule has 1 amide bonds. The van der Waals surface area contributed by atoms with Crippen LogP contribution in [0.2, 0.25) is 0 Å². The zero-order valence-electron chi connectivity index (χ0n) is 12.5. The Kier molecular flexibility index (Phi) is 3.12. The van der Waals surface area contributed by atoms with E-state index in [0.29, 0.717) is 0 Å². The molecule has 116 valence electrons. The summed E-state index contributed by atoms with van der Waals surface area (Å²) in [5.41, 5.74) is -1.48. The summed E-state index contributed by atoms with van der Waals surface area (Å²) >= 11 is 0. The lowest BCUT2D eigenvalue weighted by Crippen LogP contribution is -2.70. The minimum Gasteiger partial charge on any atom is -0.463 e. The first-order valence-corrected chi connectivity index (χ1v) is 7.02. The van der Waals surface area contributed by atoms with Gasteiger partial charge in [-0.25, -0.2) is 14.7 Å². The third-order valence-corrected chi connectivity index (χ3v) is 3.85. The lowest BCUT2D eigenvalue weighted by molar-refractivity contribution is -0.299. The van der Waals surface area contributed by atoms with Gasteiger partial charge < -0.3 is 14.2 Å². The van der Waals surface area contributed by atoms with Gasteiger partial charge in [-0.3, -0.25) is 4.79 Å². The second-order valence-corrected chi connectivity index (χ2v) is 5.82. The third-order valence-electron chi connectivity index (χ3n) is 3.85. The van der Waals surface area contributed by atoms with Crippen molar-refractivity contribution in [3.8, 4) is 0 Å². The number of hydrogen-bond acceptors (Lipinski definition) is 6. The summed E-state index contributed by atoms with van der Waals surface area (Å²) in [6.45, 7) is 6.83. The Morgan fingerprint density at radius 2 is 2.05 bits per heavy atom. The SMILES string of the molecule is CCOC(=O)C12C=CC(C3OC(C)(C)OC31)N(C(C)=O)O2. The molecular formula is C14H19NO6. The van der Waals surface area contributed by atoms with Gasteiger partial charge in [0.25, 0.3) is 0 Å². The standard InChI is InChI=1S/C14H19NO6/c1-5-18-12(17)14-7-6-9(15(21-14)8(2)16)10-11(14)20-13(3,4)19-10/h6-7,9-11H,5H2,1-4H3. The Balaban J connectivity index is 2.03. The fourth-order valence-electron chi connectivity index (χ4n) is 3.07. The third kappa shape index (κ3) is 1.99. The number of hydroxylamine groups is 2. The summed E-state index contributed by atoms with van der Waals surface area (Å²) in [5.74, 6) is -1.74. The van der Waals surface area contributed by atoms with Gasteiger partial charge in [-0.15, -0.1) is 0 Å². The topological polar surface area (TPSA) is 74.3 Å². The molecule has 0 radical (unpaired) electrons. The van der Waals surface area contributed by atoms with Crippen LogP contribution in [0.4, 0.5) is 0 Å². The number of esters is 1. The van der Waals surface area contributed by atoms with Gasteiger partial charge in [-0.05, 0) is 26.8 Å². The van der Waals surface area contributed by atoms with Gasteiger partial charge in [-0.1, -0.05) is 6.08 Å². The van der Waals surface area contributed by atoms with Crippen LogP contribution >= 0.6 is 0 Å². The average molecular weight is 297 g/mol.